The molecule has 0 radical (unpaired) electrons. The molecule has 5 heteroatoms. The lowest BCUT2D eigenvalue weighted by Gasteiger charge is -2.28. The molecule has 1 aromatic heterocycles. The van der Waals surface area contributed by atoms with Gasteiger partial charge in [0.05, 0.1) is 6.20 Å². The first-order valence-electron chi connectivity index (χ1n) is 5.36. The van der Waals surface area contributed by atoms with Crippen molar-refractivity contribution < 1.29 is 4.74 Å². The molecule has 0 saturated carbocycles. The van der Waals surface area contributed by atoms with Crippen LogP contribution in [0.3, 0.4) is 0 Å². The molecule has 0 spiro atoms. The van der Waals surface area contributed by atoms with E-state index >= 15 is 0 Å². The molecule has 17 heavy (non-hydrogen) atoms. The van der Waals surface area contributed by atoms with E-state index in [1.54, 1.807) is 6.20 Å². The number of ether oxygens (including phenoxy) is 1. The van der Waals surface area contributed by atoms with Gasteiger partial charge in [-0.15, -0.1) is 11.3 Å². The van der Waals surface area contributed by atoms with Crippen molar-refractivity contribution in [3.05, 3.63) is 45.4 Å². The van der Waals surface area contributed by atoms with Crippen molar-refractivity contribution in [2.45, 2.75) is 18.6 Å². The first-order valence-corrected chi connectivity index (χ1v) is 6.56. The zero-order chi connectivity index (χ0) is 11.8. The molecule has 0 fully saturated rings. The summed E-state index contributed by atoms with van der Waals surface area (Å²) in [7, 11) is 0. The summed E-state index contributed by atoms with van der Waals surface area (Å²) in [6.07, 6.45) is 2.30. The number of benzene rings is 1. The monoisotopic (exact) mass is 266 g/mol. The van der Waals surface area contributed by atoms with Gasteiger partial charge in [0.25, 0.3) is 0 Å². The summed E-state index contributed by atoms with van der Waals surface area (Å²) >= 11 is 7.33. The van der Waals surface area contributed by atoms with E-state index in [0.29, 0.717) is 4.34 Å². The summed E-state index contributed by atoms with van der Waals surface area (Å²) in [5.74, 6) is 0.850. The molecule has 3 nitrogen and oxygen atoms in total. The minimum Gasteiger partial charge on any atom is -0.483 e. The molecule has 0 saturated heterocycles. The van der Waals surface area contributed by atoms with Crippen LogP contribution in [0, 0.1) is 0 Å². The zero-order valence-corrected chi connectivity index (χ0v) is 10.5. The normalized spacial score (nSPS) is 22.9. The van der Waals surface area contributed by atoms with Gasteiger partial charge in [-0.3, -0.25) is 0 Å². The Morgan fingerprint density at radius 2 is 2.24 bits per heavy atom. The predicted molar refractivity (Wildman–Crippen MR) is 68.5 cm³/mol. The van der Waals surface area contributed by atoms with Gasteiger partial charge in [-0.2, -0.15) is 0 Å². The fourth-order valence-electron chi connectivity index (χ4n) is 2.02. The van der Waals surface area contributed by atoms with E-state index in [4.69, 9.17) is 22.1 Å². The molecule has 2 unspecified atom stereocenters. The van der Waals surface area contributed by atoms with E-state index in [-0.39, 0.29) is 12.1 Å². The lowest BCUT2D eigenvalue weighted by atomic mass is 9.97. The number of fused-ring (bicyclic) bond motifs is 1. The standard InChI is InChI=1S/C12H11ClN2OS/c13-11-6-15-12(17-11)10-5-8(14)7-3-1-2-4-9(7)16-10/h1-4,6,8,10H,5,14H2. The second kappa shape index (κ2) is 4.29. The number of nitrogens with two attached hydrogens (primary N) is 1. The van der Waals surface area contributed by atoms with Crippen molar-refractivity contribution in [1.29, 1.82) is 0 Å². The lowest BCUT2D eigenvalue weighted by Crippen LogP contribution is -2.23. The van der Waals surface area contributed by atoms with E-state index in [9.17, 15) is 0 Å². The highest BCUT2D eigenvalue weighted by molar-refractivity contribution is 7.15. The number of thiazole rings is 1. The Kier molecular flexibility index (Phi) is 2.78. The fraction of sp³-hybridized carbons (Fsp3) is 0.250. The van der Waals surface area contributed by atoms with Gasteiger partial charge in [0, 0.05) is 18.0 Å². The smallest absolute Gasteiger partial charge is 0.152 e. The molecule has 0 amide bonds. The van der Waals surface area contributed by atoms with E-state index in [2.05, 4.69) is 4.98 Å². The lowest BCUT2D eigenvalue weighted by molar-refractivity contribution is 0.161. The number of hydrogen-bond donors (Lipinski definition) is 1. The molecule has 1 aliphatic rings. The average molecular weight is 267 g/mol. The molecule has 0 aliphatic carbocycles. The van der Waals surface area contributed by atoms with Crippen LogP contribution in [0.1, 0.15) is 29.1 Å². The number of nitrogens with zero attached hydrogens (tertiary/aromatic N) is 1. The van der Waals surface area contributed by atoms with Gasteiger partial charge in [0.1, 0.15) is 15.1 Å². The van der Waals surface area contributed by atoms with Crippen LogP contribution in [0.5, 0.6) is 5.75 Å². The van der Waals surface area contributed by atoms with Crippen molar-refractivity contribution in [3.63, 3.8) is 0 Å². The Morgan fingerprint density at radius 1 is 1.41 bits per heavy atom. The Balaban J connectivity index is 1.93. The van der Waals surface area contributed by atoms with Gasteiger partial charge in [0.15, 0.2) is 6.10 Å². The first kappa shape index (κ1) is 11.0. The highest BCUT2D eigenvalue weighted by Gasteiger charge is 2.28. The minimum absolute atomic E-state index is 0.00683. The van der Waals surface area contributed by atoms with Crippen molar-refractivity contribution >= 4 is 22.9 Å². The SMILES string of the molecule is NC1CC(c2ncc(Cl)s2)Oc2ccccc21. The Morgan fingerprint density at radius 3 is 3.00 bits per heavy atom. The van der Waals surface area contributed by atoms with E-state index in [0.717, 1.165) is 22.7 Å². The van der Waals surface area contributed by atoms with Crippen LogP contribution in [0.4, 0.5) is 0 Å². The maximum Gasteiger partial charge on any atom is 0.152 e. The summed E-state index contributed by atoms with van der Waals surface area (Å²) in [6.45, 7) is 0. The van der Waals surface area contributed by atoms with Crippen molar-refractivity contribution in [1.82, 2.24) is 4.98 Å². The highest BCUT2D eigenvalue weighted by atomic mass is 35.5. The first-order chi connectivity index (χ1) is 8.24. The summed E-state index contributed by atoms with van der Waals surface area (Å²) in [6, 6.07) is 7.86. The molecule has 2 heterocycles. The maximum atomic E-state index is 6.14. The zero-order valence-electron chi connectivity index (χ0n) is 8.97. The van der Waals surface area contributed by atoms with Crippen molar-refractivity contribution in [2.24, 2.45) is 5.73 Å². The van der Waals surface area contributed by atoms with Gasteiger partial charge in [0.2, 0.25) is 0 Å². The van der Waals surface area contributed by atoms with Crippen molar-refractivity contribution in [3.8, 4) is 5.75 Å². The van der Waals surface area contributed by atoms with Gasteiger partial charge in [-0.25, -0.2) is 4.98 Å². The van der Waals surface area contributed by atoms with Gasteiger partial charge < -0.3 is 10.5 Å². The Labute approximate surface area is 108 Å². The highest BCUT2D eigenvalue weighted by Crippen LogP contribution is 2.40. The molecule has 2 aromatic rings. The van der Waals surface area contributed by atoms with Crippen LogP contribution in [-0.2, 0) is 0 Å². The van der Waals surface area contributed by atoms with E-state index < -0.39 is 0 Å². The van der Waals surface area contributed by atoms with E-state index in [1.807, 2.05) is 24.3 Å². The third kappa shape index (κ3) is 2.04. The molecule has 88 valence electrons. The third-order valence-corrected chi connectivity index (χ3v) is 4.03. The number of hydrogen-bond acceptors (Lipinski definition) is 4. The van der Waals surface area contributed by atoms with E-state index in [1.165, 1.54) is 11.3 Å². The molecule has 2 N–H and O–H groups in total. The maximum absolute atomic E-state index is 6.14. The number of rotatable bonds is 1. The molecular weight excluding hydrogens is 256 g/mol. The minimum atomic E-state index is -0.0857. The van der Waals surface area contributed by atoms with Gasteiger partial charge in [-0.1, -0.05) is 29.8 Å². The topological polar surface area (TPSA) is 48.1 Å². The second-order valence-corrected chi connectivity index (χ2v) is 5.68. The molecule has 1 aliphatic heterocycles. The van der Waals surface area contributed by atoms with Crippen LogP contribution >= 0.6 is 22.9 Å². The average Bonchev–Trinajstić information content (AvgIpc) is 2.76. The molecule has 0 bridgehead atoms. The van der Waals surface area contributed by atoms with Crippen LogP contribution in [0.2, 0.25) is 4.34 Å². The number of halogens is 1. The number of aromatic nitrogens is 1. The summed E-state index contributed by atoms with van der Waals surface area (Å²) in [5, 5.41) is 0.889. The van der Waals surface area contributed by atoms with Crippen LogP contribution in [0.15, 0.2) is 30.5 Å². The molecule has 1 aromatic carbocycles. The number of para-hydroxylation sites is 1. The van der Waals surface area contributed by atoms with Gasteiger partial charge >= 0.3 is 0 Å². The van der Waals surface area contributed by atoms with Crippen LogP contribution < -0.4 is 10.5 Å². The largest absolute Gasteiger partial charge is 0.483 e. The van der Waals surface area contributed by atoms with Crippen LogP contribution in [-0.4, -0.2) is 4.98 Å². The quantitative estimate of drug-likeness (QED) is 0.861. The molecular formula is C12H11ClN2OS. The predicted octanol–water partition coefficient (Wildman–Crippen LogP) is 3.32. The Bertz CT molecular complexity index is 543. The summed E-state index contributed by atoms with van der Waals surface area (Å²) < 4.78 is 6.59. The fourth-order valence-corrected chi connectivity index (χ4v) is 2.99. The van der Waals surface area contributed by atoms with Gasteiger partial charge in [-0.05, 0) is 6.07 Å². The molecule has 3 rings (SSSR count). The second-order valence-electron chi connectivity index (χ2n) is 3.99. The Hall–Kier alpha value is -1.10. The summed E-state index contributed by atoms with van der Waals surface area (Å²) in [4.78, 5) is 4.25. The molecule has 2 atom stereocenters. The summed E-state index contributed by atoms with van der Waals surface area (Å²) in [5.41, 5.74) is 7.21. The third-order valence-electron chi connectivity index (χ3n) is 2.83. The van der Waals surface area contributed by atoms with Crippen molar-refractivity contribution in [2.75, 3.05) is 0 Å². The van der Waals surface area contributed by atoms with Crippen LogP contribution in [0.25, 0.3) is 0 Å².